The van der Waals surface area contributed by atoms with Gasteiger partial charge in [-0.25, -0.2) is 9.97 Å². The molecule has 2 rings (SSSR count). The number of nitrogens with zero attached hydrogens (tertiary/aromatic N) is 2. The van der Waals surface area contributed by atoms with Gasteiger partial charge in [0.25, 0.3) is 0 Å². The number of nitrogen functional groups attached to an aromatic ring is 1. The Labute approximate surface area is 110 Å². The second kappa shape index (κ2) is 4.93. The number of hydrogen-bond acceptors (Lipinski definition) is 3. The smallest absolute Gasteiger partial charge is 0.141 e. The second-order valence-corrected chi connectivity index (χ2v) is 5.09. The summed E-state index contributed by atoms with van der Waals surface area (Å²) >= 11 is 6.66. The lowest BCUT2D eigenvalue weighted by Gasteiger charge is -2.02. The van der Waals surface area contributed by atoms with E-state index in [4.69, 9.17) is 5.73 Å². The second-order valence-electron chi connectivity index (χ2n) is 3.32. The van der Waals surface area contributed by atoms with Gasteiger partial charge in [0, 0.05) is 17.1 Å². The maximum atomic E-state index is 5.69. The minimum absolute atomic E-state index is 0.474. The molecule has 0 spiro atoms. The molecule has 82 valence electrons. The van der Waals surface area contributed by atoms with Crippen molar-refractivity contribution in [1.82, 2.24) is 9.97 Å². The molecule has 0 aliphatic rings. The Morgan fingerprint density at radius 1 is 1.12 bits per heavy atom. The van der Waals surface area contributed by atoms with Crippen molar-refractivity contribution in [3.05, 3.63) is 50.8 Å². The van der Waals surface area contributed by atoms with Crippen molar-refractivity contribution < 1.29 is 0 Å². The Morgan fingerprint density at radius 2 is 1.81 bits per heavy atom. The SMILES string of the molecule is Nc1nc(Cc2ccc(Br)cc2)ncc1Br. The number of rotatable bonds is 2. The summed E-state index contributed by atoms with van der Waals surface area (Å²) in [6, 6.07) is 8.06. The van der Waals surface area contributed by atoms with Crippen LogP contribution in [0, 0.1) is 0 Å². The number of halogens is 2. The normalized spacial score (nSPS) is 10.4. The molecule has 1 aromatic heterocycles. The third kappa shape index (κ3) is 2.80. The minimum Gasteiger partial charge on any atom is -0.383 e. The first-order valence-corrected chi connectivity index (χ1v) is 6.25. The van der Waals surface area contributed by atoms with E-state index in [0.717, 1.165) is 20.3 Å². The summed E-state index contributed by atoms with van der Waals surface area (Å²) in [4.78, 5) is 8.41. The van der Waals surface area contributed by atoms with Gasteiger partial charge in [0.1, 0.15) is 11.6 Å². The number of hydrogen-bond donors (Lipinski definition) is 1. The van der Waals surface area contributed by atoms with Crippen molar-refractivity contribution in [1.29, 1.82) is 0 Å². The van der Waals surface area contributed by atoms with Crippen LogP contribution in [0.15, 0.2) is 39.4 Å². The van der Waals surface area contributed by atoms with Crippen molar-refractivity contribution in [2.24, 2.45) is 0 Å². The highest BCUT2D eigenvalue weighted by molar-refractivity contribution is 9.10. The fourth-order valence-electron chi connectivity index (χ4n) is 1.29. The van der Waals surface area contributed by atoms with Gasteiger partial charge < -0.3 is 5.73 Å². The molecule has 16 heavy (non-hydrogen) atoms. The first-order valence-electron chi connectivity index (χ1n) is 4.66. The molecule has 0 aliphatic carbocycles. The molecule has 0 radical (unpaired) electrons. The molecule has 1 aromatic carbocycles. The van der Waals surface area contributed by atoms with Gasteiger partial charge in [-0.15, -0.1) is 0 Å². The quantitative estimate of drug-likeness (QED) is 0.911. The molecular formula is C11H9Br2N3. The molecule has 1 heterocycles. The molecule has 0 saturated carbocycles. The largest absolute Gasteiger partial charge is 0.383 e. The van der Waals surface area contributed by atoms with E-state index in [0.29, 0.717) is 12.2 Å². The van der Waals surface area contributed by atoms with Gasteiger partial charge in [-0.1, -0.05) is 28.1 Å². The Bertz CT molecular complexity index is 497. The first-order chi connectivity index (χ1) is 7.65. The Morgan fingerprint density at radius 3 is 2.44 bits per heavy atom. The van der Waals surface area contributed by atoms with Crippen LogP contribution in [0.4, 0.5) is 5.82 Å². The van der Waals surface area contributed by atoms with Crippen LogP contribution in [0.1, 0.15) is 11.4 Å². The van der Waals surface area contributed by atoms with Crippen molar-refractivity contribution in [3.8, 4) is 0 Å². The summed E-state index contributed by atoms with van der Waals surface area (Å²) in [6.07, 6.45) is 2.36. The molecule has 0 aliphatic heterocycles. The Kier molecular flexibility index (Phi) is 3.56. The minimum atomic E-state index is 0.474. The van der Waals surface area contributed by atoms with E-state index in [1.807, 2.05) is 24.3 Å². The summed E-state index contributed by atoms with van der Waals surface area (Å²) in [5.41, 5.74) is 6.85. The molecule has 0 atom stereocenters. The van der Waals surface area contributed by atoms with Crippen LogP contribution in [0.25, 0.3) is 0 Å². The lowest BCUT2D eigenvalue weighted by atomic mass is 10.1. The lowest BCUT2D eigenvalue weighted by Crippen LogP contribution is -2.00. The zero-order valence-electron chi connectivity index (χ0n) is 8.32. The van der Waals surface area contributed by atoms with E-state index in [2.05, 4.69) is 41.8 Å². The first kappa shape index (κ1) is 11.5. The third-order valence-corrected chi connectivity index (χ3v) is 3.24. The fraction of sp³-hybridized carbons (Fsp3) is 0.0909. The molecule has 0 bridgehead atoms. The summed E-state index contributed by atoms with van der Waals surface area (Å²) in [5, 5.41) is 0. The van der Waals surface area contributed by atoms with Gasteiger partial charge in [-0.3, -0.25) is 0 Å². The van der Waals surface area contributed by atoms with Gasteiger partial charge in [0.05, 0.1) is 4.47 Å². The van der Waals surface area contributed by atoms with Crippen LogP contribution in [0.2, 0.25) is 0 Å². The lowest BCUT2D eigenvalue weighted by molar-refractivity contribution is 0.968. The third-order valence-electron chi connectivity index (χ3n) is 2.10. The van der Waals surface area contributed by atoms with Gasteiger partial charge in [0.15, 0.2) is 0 Å². The van der Waals surface area contributed by atoms with Gasteiger partial charge in [0.2, 0.25) is 0 Å². The molecule has 2 N–H and O–H groups in total. The molecule has 5 heteroatoms. The summed E-state index contributed by atoms with van der Waals surface area (Å²) in [6.45, 7) is 0. The zero-order chi connectivity index (χ0) is 11.5. The van der Waals surface area contributed by atoms with E-state index in [1.54, 1.807) is 6.20 Å². The highest BCUT2D eigenvalue weighted by Gasteiger charge is 2.02. The van der Waals surface area contributed by atoms with E-state index < -0.39 is 0 Å². The number of benzene rings is 1. The zero-order valence-corrected chi connectivity index (χ0v) is 11.5. The molecule has 3 nitrogen and oxygen atoms in total. The van der Waals surface area contributed by atoms with Crippen molar-refractivity contribution in [2.75, 3.05) is 5.73 Å². The molecule has 2 aromatic rings. The van der Waals surface area contributed by atoms with Gasteiger partial charge in [-0.2, -0.15) is 0 Å². The Hall–Kier alpha value is -0.940. The number of aromatic nitrogens is 2. The summed E-state index contributed by atoms with van der Waals surface area (Å²) in [5.74, 6) is 1.20. The number of nitrogens with two attached hydrogens (primary N) is 1. The van der Waals surface area contributed by atoms with Gasteiger partial charge >= 0.3 is 0 Å². The van der Waals surface area contributed by atoms with Crippen molar-refractivity contribution in [2.45, 2.75) is 6.42 Å². The maximum Gasteiger partial charge on any atom is 0.141 e. The van der Waals surface area contributed by atoms with E-state index >= 15 is 0 Å². The van der Waals surface area contributed by atoms with E-state index in [9.17, 15) is 0 Å². The average Bonchev–Trinajstić information content (AvgIpc) is 2.27. The molecule has 0 amide bonds. The van der Waals surface area contributed by atoms with Crippen molar-refractivity contribution in [3.63, 3.8) is 0 Å². The van der Waals surface area contributed by atoms with Gasteiger partial charge in [-0.05, 0) is 33.6 Å². The molecule has 0 saturated heterocycles. The monoisotopic (exact) mass is 341 g/mol. The predicted octanol–water partition coefficient (Wildman–Crippen LogP) is 3.17. The summed E-state index contributed by atoms with van der Waals surface area (Å²) in [7, 11) is 0. The van der Waals surface area contributed by atoms with Crippen LogP contribution in [0.5, 0.6) is 0 Å². The number of anilines is 1. The predicted molar refractivity (Wildman–Crippen MR) is 71.1 cm³/mol. The topological polar surface area (TPSA) is 51.8 Å². The van der Waals surface area contributed by atoms with Crippen LogP contribution in [0.3, 0.4) is 0 Å². The average molecular weight is 343 g/mol. The maximum absolute atomic E-state index is 5.69. The standard InChI is InChI=1S/C11H9Br2N3/c12-8-3-1-7(2-4-8)5-10-15-6-9(13)11(14)16-10/h1-4,6H,5H2,(H2,14,15,16). The Balaban J connectivity index is 2.20. The molecule has 0 unspecified atom stereocenters. The van der Waals surface area contributed by atoms with Crippen LogP contribution in [-0.2, 0) is 6.42 Å². The molecular weight excluding hydrogens is 334 g/mol. The van der Waals surface area contributed by atoms with Crippen LogP contribution in [-0.4, -0.2) is 9.97 Å². The van der Waals surface area contributed by atoms with E-state index in [-0.39, 0.29) is 0 Å². The fourth-order valence-corrected chi connectivity index (χ4v) is 1.74. The summed E-state index contributed by atoms with van der Waals surface area (Å²) < 4.78 is 1.79. The van der Waals surface area contributed by atoms with Crippen LogP contribution < -0.4 is 5.73 Å². The van der Waals surface area contributed by atoms with Crippen molar-refractivity contribution >= 4 is 37.7 Å². The van der Waals surface area contributed by atoms with E-state index in [1.165, 1.54) is 0 Å². The van der Waals surface area contributed by atoms with Crippen LogP contribution >= 0.6 is 31.9 Å². The molecule has 0 fully saturated rings. The highest BCUT2D eigenvalue weighted by Crippen LogP contribution is 2.17. The highest BCUT2D eigenvalue weighted by atomic mass is 79.9.